The summed E-state index contributed by atoms with van der Waals surface area (Å²) in [6.07, 6.45) is 0. The van der Waals surface area contributed by atoms with Crippen LogP contribution in [0.5, 0.6) is 5.75 Å². The molecule has 0 aliphatic rings. The van der Waals surface area contributed by atoms with Gasteiger partial charge >= 0.3 is 0 Å². The molecule has 0 aromatic heterocycles. The molecule has 1 unspecified atom stereocenters. The first kappa shape index (κ1) is 20.9. The summed E-state index contributed by atoms with van der Waals surface area (Å²) in [4.78, 5) is 13.6. The molecule has 5 nitrogen and oxygen atoms in total. The van der Waals surface area contributed by atoms with Crippen LogP contribution in [0.15, 0.2) is 90.5 Å². The number of aliphatic hydroxyl groups excluding tert-OH is 1. The van der Waals surface area contributed by atoms with Gasteiger partial charge in [0.2, 0.25) is 0 Å². The molecule has 0 spiro atoms. The Labute approximate surface area is 176 Å². The third kappa shape index (κ3) is 4.75. The molecule has 0 fully saturated rings. The normalized spacial score (nSPS) is 12.5. The second-order valence-corrected chi connectivity index (χ2v) is 6.80. The molecular formula is C25H24N2O3. The van der Waals surface area contributed by atoms with E-state index in [1.54, 1.807) is 37.4 Å². The molecular weight excluding hydrogens is 376 g/mol. The summed E-state index contributed by atoms with van der Waals surface area (Å²) in [5.41, 5.74) is 1.88. The maximum atomic E-state index is 13.6. The summed E-state index contributed by atoms with van der Waals surface area (Å²) in [6, 6.07) is 24.5. The number of anilines is 1. The van der Waals surface area contributed by atoms with Gasteiger partial charge in [0, 0.05) is 23.0 Å². The van der Waals surface area contributed by atoms with Gasteiger partial charge in [0.05, 0.1) is 12.7 Å². The minimum atomic E-state index is -0.792. The zero-order valence-corrected chi connectivity index (χ0v) is 16.9. The van der Waals surface area contributed by atoms with Gasteiger partial charge in [-0.25, -0.2) is 0 Å². The van der Waals surface area contributed by atoms with Crippen LogP contribution in [0.25, 0.3) is 5.76 Å². The number of hydrogen-bond acceptors (Lipinski definition) is 5. The number of aliphatic hydroxyl groups is 1. The van der Waals surface area contributed by atoms with Gasteiger partial charge in [-0.15, -0.1) is 0 Å². The summed E-state index contributed by atoms with van der Waals surface area (Å²) in [7, 11) is 1.58. The molecule has 0 aliphatic carbocycles. The lowest BCUT2D eigenvalue weighted by molar-refractivity contribution is -0.115. The van der Waals surface area contributed by atoms with E-state index in [4.69, 9.17) is 10.1 Å². The van der Waals surface area contributed by atoms with Crippen molar-refractivity contribution in [3.8, 4) is 5.75 Å². The van der Waals surface area contributed by atoms with Crippen LogP contribution in [0.3, 0.4) is 0 Å². The predicted octanol–water partition coefficient (Wildman–Crippen LogP) is 5.43. The van der Waals surface area contributed by atoms with E-state index in [9.17, 15) is 9.90 Å². The molecule has 30 heavy (non-hydrogen) atoms. The number of benzene rings is 3. The van der Waals surface area contributed by atoms with Crippen molar-refractivity contribution >= 4 is 22.9 Å². The standard InChI is InChI=1S/C25H24N2O3/c1-17(26)22(24(28)19-12-7-4-8-13-19)25(29)23(18-10-5-3-6-11-18)27-20-14-9-15-21(16-20)30-2/h3-16,23,26-28H,1-2H3/b24-22+,26-17?. The number of Topliss-reactive ketones (excluding diaryl/α,β-unsaturated/α-hetero) is 1. The third-order valence-corrected chi connectivity index (χ3v) is 4.68. The molecule has 0 aliphatic heterocycles. The summed E-state index contributed by atoms with van der Waals surface area (Å²) in [6.45, 7) is 1.50. The minimum absolute atomic E-state index is 0.00488. The maximum absolute atomic E-state index is 13.6. The predicted molar refractivity (Wildman–Crippen MR) is 120 cm³/mol. The number of methoxy groups -OCH3 is 1. The summed E-state index contributed by atoms with van der Waals surface area (Å²) in [5.74, 6) is 0.0599. The topological polar surface area (TPSA) is 82.4 Å². The van der Waals surface area contributed by atoms with Gasteiger partial charge < -0.3 is 20.6 Å². The van der Waals surface area contributed by atoms with Crippen LogP contribution in [0.2, 0.25) is 0 Å². The monoisotopic (exact) mass is 400 g/mol. The molecule has 0 saturated heterocycles. The summed E-state index contributed by atoms with van der Waals surface area (Å²) < 4.78 is 5.28. The average Bonchev–Trinajstić information content (AvgIpc) is 2.78. The number of carbonyl (C=O) groups is 1. The molecule has 0 amide bonds. The average molecular weight is 400 g/mol. The van der Waals surface area contributed by atoms with Crippen LogP contribution in [0.1, 0.15) is 24.1 Å². The van der Waals surface area contributed by atoms with Crippen LogP contribution in [-0.4, -0.2) is 23.7 Å². The Kier molecular flexibility index (Phi) is 6.65. The van der Waals surface area contributed by atoms with Crippen molar-refractivity contribution in [3.05, 3.63) is 102 Å². The first-order valence-electron chi connectivity index (χ1n) is 9.55. The number of carbonyl (C=O) groups excluding carboxylic acids is 1. The van der Waals surface area contributed by atoms with Crippen molar-refractivity contribution < 1.29 is 14.6 Å². The number of nitrogens with one attached hydrogen (secondary N) is 2. The molecule has 0 radical (unpaired) electrons. The van der Waals surface area contributed by atoms with Crippen molar-refractivity contribution in [3.63, 3.8) is 0 Å². The van der Waals surface area contributed by atoms with E-state index >= 15 is 0 Å². The van der Waals surface area contributed by atoms with E-state index in [0.29, 0.717) is 17.0 Å². The highest BCUT2D eigenvalue weighted by molar-refractivity contribution is 6.26. The molecule has 0 saturated carbocycles. The second-order valence-electron chi connectivity index (χ2n) is 6.80. The van der Waals surface area contributed by atoms with Crippen LogP contribution in [0.4, 0.5) is 5.69 Å². The molecule has 0 bridgehead atoms. The Morgan fingerprint density at radius 1 is 0.967 bits per heavy atom. The lowest BCUT2D eigenvalue weighted by atomic mass is 9.92. The molecule has 3 aromatic carbocycles. The van der Waals surface area contributed by atoms with E-state index in [0.717, 1.165) is 5.56 Å². The highest BCUT2D eigenvalue weighted by atomic mass is 16.5. The molecule has 5 heteroatoms. The summed E-state index contributed by atoms with van der Waals surface area (Å²) >= 11 is 0. The van der Waals surface area contributed by atoms with Gasteiger partial charge in [-0.2, -0.15) is 0 Å². The Hall–Kier alpha value is -3.86. The Morgan fingerprint density at radius 3 is 2.20 bits per heavy atom. The van der Waals surface area contributed by atoms with E-state index in [1.807, 2.05) is 54.6 Å². The van der Waals surface area contributed by atoms with Gasteiger partial charge in [-0.3, -0.25) is 4.79 Å². The van der Waals surface area contributed by atoms with E-state index in [1.165, 1.54) is 6.92 Å². The fraction of sp³-hybridized carbons (Fsp3) is 0.120. The van der Waals surface area contributed by atoms with Crippen LogP contribution < -0.4 is 10.1 Å². The van der Waals surface area contributed by atoms with E-state index in [-0.39, 0.29) is 17.0 Å². The smallest absolute Gasteiger partial charge is 0.195 e. The Balaban J connectivity index is 2.07. The Bertz CT molecular complexity index is 1060. The van der Waals surface area contributed by atoms with Gasteiger partial charge in [0.25, 0.3) is 0 Å². The molecule has 0 heterocycles. The van der Waals surface area contributed by atoms with Crippen molar-refractivity contribution in [2.24, 2.45) is 0 Å². The fourth-order valence-corrected chi connectivity index (χ4v) is 3.19. The molecule has 152 valence electrons. The van der Waals surface area contributed by atoms with Crippen molar-refractivity contribution in [2.45, 2.75) is 13.0 Å². The lowest BCUT2D eigenvalue weighted by Gasteiger charge is -2.22. The number of rotatable bonds is 8. The number of ketones is 1. The highest BCUT2D eigenvalue weighted by Gasteiger charge is 2.28. The molecule has 3 N–H and O–H groups in total. The molecule has 3 aromatic rings. The zero-order chi connectivity index (χ0) is 21.5. The quantitative estimate of drug-likeness (QED) is 0.268. The van der Waals surface area contributed by atoms with Crippen molar-refractivity contribution in [1.82, 2.24) is 0 Å². The van der Waals surface area contributed by atoms with Gasteiger partial charge in [-0.1, -0.05) is 66.7 Å². The van der Waals surface area contributed by atoms with Crippen molar-refractivity contribution in [1.29, 1.82) is 5.41 Å². The molecule has 1 atom stereocenters. The highest BCUT2D eigenvalue weighted by Crippen LogP contribution is 2.28. The van der Waals surface area contributed by atoms with Gasteiger partial charge in [0.1, 0.15) is 17.6 Å². The second kappa shape index (κ2) is 9.56. The van der Waals surface area contributed by atoms with Gasteiger partial charge in [-0.05, 0) is 24.6 Å². The largest absolute Gasteiger partial charge is 0.506 e. The SMILES string of the molecule is COc1cccc(NC(C(=O)/C(C(C)=N)=C(/O)c2ccccc2)c2ccccc2)c1. The Morgan fingerprint density at radius 2 is 1.60 bits per heavy atom. The summed E-state index contributed by atoms with van der Waals surface area (Å²) in [5, 5.41) is 22.3. The van der Waals surface area contributed by atoms with Crippen LogP contribution >= 0.6 is 0 Å². The van der Waals surface area contributed by atoms with Gasteiger partial charge in [0.15, 0.2) is 5.78 Å². The van der Waals surface area contributed by atoms with Crippen molar-refractivity contribution in [2.75, 3.05) is 12.4 Å². The zero-order valence-electron chi connectivity index (χ0n) is 16.9. The number of hydrogen-bond donors (Lipinski definition) is 3. The van der Waals surface area contributed by atoms with E-state index < -0.39 is 11.8 Å². The minimum Gasteiger partial charge on any atom is -0.506 e. The number of ether oxygens (including phenoxy) is 1. The fourth-order valence-electron chi connectivity index (χ4n) is 3.19. The third-order valence-electron chi connectivity index (χ3n) is 4.68. The van der Waals surface area contributed by atoms with Crippen LogP contribution in [0, 0.1) is 5.41 Å². The first-order valence-corrected chi connectivity index (χ1v) is 9.55. The van der Waals surface area contributed by atoms with E-state index in [2.05, 4.69) is 5.32 Å². The lowest BCUT2D eigenvalue weighted by Crippen LogP contribution is -2.26. The first-order chi connectivity index (χ1) is 14.5. The maximum Gasteiger partial charge on any atom is 0.195 e. The molecule has 3 rings (SSSR count). The van der Waals surface area contributed by atoms with Crippen LogP contribution in [-0.2, 0) is 4.79 Å².